The highest BCUT2D eigenvalue weighted by Crippen LogP contribution is 2.42. The molecule has 3 N–H and O–H groups in total. The molecule has 4 aromatic rings. The van der Waals surface area contributed by atoms with E-state index in [0.29, 0.717) is 34.6 Å². The van der Waals surface area contributed by atoms with Gasteiger partial charge in [-0.05, 0) is 55.3 Å². The van der Waals surface area contributed by atoms with Gasteiger partial charge in [-0.3, -0.25) is 0 Å². The number of hydrogen-bond donors (Lipinski definition) is 3. The SMILES string of the molecule is COc1cc(NC(=O)Nc2ccc(C3Cc4cnc(NCCCN5CCN(C)CC5)nc4-c4ccccc43)cc2)cc(OC)c1OC. The number of ether oxygens (including phenoxy) is 3. The zero-order valence-electron chi connectivity index (χ0n) is 27.5. The largest absolute Gasteiger partial charge is 0.493 e. The minimum Gasteiger partial charge on any atom is -0.493 e. The van der Waals surface area contributed by atoms with Crippen molar-refractivity contribution in [3.63, 3.8) is 0 Å². The minimum atomic E-state index is -0.384. The highest BCUT2D eigenvalue weighted by molar-refractivity contribution is 6.00. The Hall–Kier alpha value is -4.87. The van der Waals surface area contributed by atoms with Crippen molar-refractivity contribution in [2.45, 2.75) is 18.8 Å². The number of carbonyl (C=O) groups excluding carboxylic acids is 1. The van der Waals surface area contributed by atoms with Gasteiger partial charge >= 0.3 is 6.03 Å². The summed E-state index contributed by atoms with van der Waals surface area (Å²) in [4.78, 5) is 27.4. The molecule has 11 nitrogen and oxygen atoms in total. The van der Waals surface area contributed by atoms with Gasteiger partial charge in [0.15, 0.2) is 11.5 Å². The molecule has 1 aliphatic carbocycles. The lowest BCUT2D eigenvalue weighted by molar-refractivity contribution is 0.154. The van der Waals surface area contributed by atoms with Crippen LogP contribution in [-0.2, 0) is 6.42 Å². The fourth-order valence-corrected chi connectivity index (χ4v) is 6.34. The first-order valence-corrected chi connectivity index (χ1v) is 16.0. The van der Waals surface area contributed by atoms with Gasteiger partial charge in [0.05, 0.1) is 32.7 Å². The molecule has 2 aliphatic rings. The van der Waals surface area contributed by atoms with E-state index in [1.807, 2.05) is 18.3 Å². The van der Waals surface area contributed by atoms with E-state index in [2.05, 4.69) is 74.2 Å². The Morgan fingerprint density at radius 3 is 2.30 bits per heavy atom. The van der Waals surface area contributed by atoms with E-state index >= 15 is 0 Å². The monoisotopic (exact) mass is 637 g/mol. The molecule has 1 aliphatic heterocycles. The van der Waals surface area contributed by atoms with Crippen LogP contribution in [0.15, 0.2) is 66.9 Å². The first-order chi connectivity index (χ1) is 22.9. The lowest BCUT2D eigenvalue weighted by Crippen LogP contribution is -2.44. The van der Waals surface area contributed by atoms with Crippen LogP contribution in [0.1, 0.15) is 29.0 Å². The zero-order chi connectivity index (χ0) is 32.8. The molecule has 1 unspecified atom stereocenters. The molecular formula is C36H43N7O4. The highest BCUT2D eigenvalue weighted by atomic mass is 16.5. The van der Waals surface area contributed by atoms with Crippen LogP contribution in [0.5, 0.6) is 17.2 Å². The second-order valence-electron chi connectivity index (χ2n) is 12.0. The Balaban J connectivity index is 1.09. The number of anilines is 3. The molecular weight excluding hydrogens is 594 g/mol. The molecule has 2 amide bonds. The first-order valence-electron chi connectivity index (χ1n) is 16.0. The molecule has 1 atom stereocenters. The van der Waals surface area contributed by atoms with Crippen molar-refractivity contribution < 1.29 is 19.0 Å². The summed E-state index contributed by atoms with van der Waals surface area (Å²) in [5.74, 6) is 2.19. The Kier molecular flexibility index (Phi) is 10.0. The number of nitrogens with one attached hydrogen (secondary N) is 3. The molecule has 1 fully saturated rings. The predicted octanol–water partition coefficient (Wildman–Crippen LogP) is 5.55. The third-order valence-electron chi connectivity index (χ3n) is 8.90. The van der Waals surface area contributed by atoms with Crippen LogP contribution in [0, 0.1) is 0 Å². The van der Waals surface area contributed by atoms with Crippen LogP contribution < -0.4 is 30.2 Å². The van der Waals surface area contributed by atoms with Crippen LogP contribution >= 0.6 is 0 Å². The summed E-state index contributed by atoms with van der Waals surface area (Å²) in [5.41, 5.74) is 6.84. The number of fused-ring (bicyclic) bond motifs is 3. The number of nitrogens with zero attached hydrogens (tertiary/aromatic N) is 4. The molecule has 47 heavy (non-hydrogen) atoms. The topological polar surface area (TPSA) is 113 Å². The van der Waals surface area contributed by atoms with Gasteiger partial charge in [0.1, 0.15) is 0 Å². The Morgan fingerprint density at radius 1 is 0.894 bits per heavy atom. The third kappa shape index (κ3) is 7.42. The summed E-state index contributed by atoms with van der Waals surface area (Å²) in [6.45, 7) is 6.47. The summed E-state index contributed by atoms with van der Waals surface area (Å²) in [6, 6.07) is 19.4. The van der Waals surface area contributed by atoms with Gasteiger partial charge in [0, 0.05) is 68.2 Å². The number of likely N-dealkylation sites (N-methyl/N-ethyl adjacent to an activating group) is 1. The summed E-state index contributed by atoms with van der Waals surface area (Å²) in [6.07, 6.45) is 3.82. The van der Waals surface area contributed by atoms with Crippen LogP contribution in [0.4, 0.5) is 22.1 Å². The molecule has 1 aromatic heterocycles. The highest BCUT2D eigenvalue weighted by Gasteiger charge is 2.27. The number of hydrogen-bond acceptors (Lipinski definition) is 9. The summed E-state index contributed by atoms with van der Waals surface area (Å²) in [7, 11) is 6.79. The number of amides is 2. The van der Waals surface area contributed by atoms with Crippen LogP contribution in [-0.4, -0.2) is 93.4 Å². The maximum Gasteiger partial charge on any atom is 0.323 e. The second-order valence-corrected chi connectivity index (χ2v) is 12.0. The smallest absolute Gasteiger partial charge is 0.323 e. The third-order valence-corrected chi connectivity index (χ3v) is 8.90. The van der Waals surface area contributed by atoms with E-state index in [9.17, 15) is 4.79 Å². The Morgan fingerprint density at radius 2 is 1.60 bits per heavy atom. The average Bonchev–Trinajstić information content (AvgIpc) is 3.10. The standard InChI is InChI=1S/C36H43N7O4/c1-42-16-18-43(19-17-42)15-7-14-37-35-38-23-25-20-30(28-8-5-6-9-29(28)33(25)41-35)24-10-12-26(13-11-24)39-36(44)40-27-21-31(45-2)34(47-4)32(22-27)46-3/h5-6,8-13,21-23,30H,7,14-20H2,1-4H3,(H,37,38,41)(H2,39,40,44). The lowest BCUT2D eigenvalue weighted by Gasteiger charge is -2.32. The number of aromatic nitrogens is 2. The summed E-state index contributed by atoms with van der Waals surface area (Å²) in [5, 5.41) is 9.21. The number of methoxy groups -OCH3 is 3. The van der Waals surface area contributed by atoms with Gasteiger partial charge < -0.3 is 40.0 Å². The van der Waals surface area contributed by atoms with E-state index in [0.717, 1.165) is 74.5 Å². The number of carbonyl (C=O) groups is 1. The molecule has 246 valence electrons. The molecule has 0 bridgehead atoms. The lowest BCUT2D eigenvalue weighted by atomic mass is 9.78. The number of rotatable bonds is 11. The van der Waals surface area contributed by atoms with Gasteiger partial charge in [0.25, 0.3) is 0 Å². The van der Waals surface area contributed by atoms with E-state index in [4.69, 9.17) is 19.2 Å². The minimum absolute atomic E-state index is 0.145. The maximum absolute atomic E-state index is 12.9. The Labute approximate surface area is 276 Å². The van der Waals surface area contributed by atoms with Crippen molar-refractivity contribution in [3.05, 3.63) is 83.6 Å². The van der Waals surface area contributed by atoms with E-state index < -0.39 is 0 Å². The van der Waals surface area contributed by atoms with E-state index in [-0.39, 0.29) is 11.9 Å². The molecule has 0 saturated carbocycles. The van der Waals surface area contributed by atoms with Gasteiger partial charge in [-0.15, -0.1) is 0 Å². The van der Waals surface area contributed by atoms with Gasteiger partial charge in [-0.1, -0.05) is 36.4 Å². The number of urea groups is 1. The van der Waals surface area contributed by atoms with E-state index in [1.165, 1.54) is 26.9 Å². The van der Waals surface area contributed by atoms with Gasteiger partial charge in [0.2, 0.25) is 11.7 Å². The fourth-order valence-electron chi connectivity index (χ4n) is 6.34. The van der Waals surface area contributed by atoms with Crippen LogP contribution in [0.2, 0.25) is 0 Å². The molecule has 1 saturated heterocycles. The van der Waals surface area contributed by atoms with E-state index in [1.54, 1.807) is 12.1 Å². The Bertz CT molecular complexity index is 1660. The van der Waals surface area contributed by atoms with Crippen LogP contribution in [0.25, 0.3) is 11.3 Å². The van der Waals surface area contributed by atoms with Crippen molar-refractivity contribution in [2.24, 2.45) is 0 Å². The molecule has 0 radical (unpaired) electrons. The second kappa shape index (κ2) is 14.7. The summed E-state index contributed by atoms with van der Waals surface area (Å²) < 4.78 is 16.2. The van der Waals surface area contributed by atoms with Crippen LogP contribution in [0.3, 0.4) is 0 Å². The number of piperazine rings is 1. The predicted molar refractivity (Wildman–Crippen MR) is 185 cm³/mol. The van der Waals surface area contributed by atoms with Gasteiger partial charge in [-0.25, -0.2) is 14.8 Å². The molecule has 0 spiro atoms. The first kappa shape index (κ1) is 32.1. The zero-order valence-corrected chi connectivity index (χ0v) is 27.5. The average molecular weight is 638 g/mol. The van der Waals surface area contributed by atoms with Crippen molar-refractivity contribution in [1.29, 1.82) is 0 Å². The normalized spacial score (nSPS) is 16.0. The fraction of sp³-hybridized carbons (Fsp3) is 0.361. The van der Waals surface area contributed by atoms with Crippen molar-refractivity contribution in [3.8, 4) is 28.5 Å². The quantitative estimate of drug-likeness (QED) is 0.182. The maximum atomic E-state index is 12.9. The number of benzene rings is 3. The molecule has 6 rings (SSSR count). The van der Waals surface area contributed by atoms with Gasteiger partial charge in [-0.2, -0.15) is 0 Å². The molecule has 3 aromatic carbocycles. The molecule has 11 heteroatoms. The summed E-state index contributed by atoms with van der Waals surface area (Å²) >= 11 is 0. The van der Waals surface area contributed by atoms with Crippen molar-refractivity contribution >= 4 is 23.4 Å². The van der Waals surface area contributed by atoms with Crippen molar-refractivity contribution in [2.75, 3.05) is 83.6 Å². The van der Waals surface area contributed by atoms with Crippen molar-refractivity contribution in [1.82, 2.24) is 19.8 Å². The molecule has 2 heterocycles.